The van der Waals surface area contributed by atoms with Crippen molar-refractivity contribution < 1.29 is 9.53 Å². The number of rotatable bonds is 1. The first-order valence-electron chi connectivity index (χ1n) is 5.13. The maximum Gasteiger partial charge on any atom is 0.415 e. The quantitative estimate of drug-likeness (QED) is 0.858. The van der Waals surface area contributed by atoms with Crippen molar-refractivity contribution in [3.8, 4) is 5.75 Å². The molecule has 1 unspecified atom stereocenters. The van der Waals surface area contributed by atoms with Crippen LogP contribution in [0.15, 0.2) is 28.7 Å². The van der Waals surface area contributed by atoms with Crippen LogP contribution in [0, 0.1) is 0 Å². The minimum absolute atomic E-state index is 0.0810. The van der Waals surface area contributed by atoms with Crippen molar-refractivity contribution in [2.24, 2.45) is 5.73 Å². The van der Waals surface area contributed by atoms with E-state index in [2.05, 4.69) is 15.9 Å². The zero-order valence-corrected chi connectivity index (χ0v) is 10.3. The molecule has 1 saturated heterocycles. The smallest absolute Gasteiger partial charge is 0.410 e. The van der Waals surface area contributed by atoms with Crippen molar-refractivity contribution in [2.45, 2.75) is 12.5 Å². The van der Waals surface area contributed by atoms with Crippen LogP contribution in [0.3, 0.4) is 0 Å². The van der Waals surface area contributed by atoms with Gasteiger partial charge in [0.25, 0.3) is 0 Å². The Kier molecular flexibility index (Phi) is 3.46. The third-order valence-electron chi connectivity index (χ3n) is 2.50. The minimum atomic E-state index is -0.324. The summed E-state index contributed by atoms with van der Waals surface area (Å²) in [5, 5.41) is 0. The van der Waals surface area contributed by atoms with Crippen LogP contribution in [-0.4, -0.2) is 30.1 Å². The molecule has 1 aromatic rings. The topological polar surface area (TPSA) is 55.6 Å². The number of hydrogen-bond acceptors (Lipinski definition) is 3. The van der Waals surface area contributed by atoms with E-state index in [1.54, 1.807) is 17.0 Å². The highest BCUT2D eigenvalue weighted by molar-refractivity contribution is 9.10. The number of likely N-dealkylation sites (tertiary alicyclic amines) is 1. The molecule has 0 radical (unpaired) electrons. The van der Waals surface area contributed by atoms with Crippen molar-refractivity contribution in [3.63, 3.8) is 0 Å². The average molecular weight is 285 g/mol. The standard InChI is InChI=1S/C11H13BrN2O2/c12-8-1-3-10(4-2-8)16-11(15)14-6-5-9(13)7-14/h1-4,9H,5-7,13H2. The molecule has 4 nitrogen and oxygen atoms in total. The van der Waals surface area contributed by atoms with Gasteiger partial charge in [0.05, 0.1) is 0 Å². The maximum atomic E-state index is 11.7. The molecule has 0 bridgehead atoms. The van der Waals surface area contributed by atoms with Gasteiger partial charge in [-0.2, -0.15) is 0 Å². The van der Waals surface area contributed by atoms with Gasteiger partial charge >= 0.3 is 6.09 Å². The summed E-state index contributed by atoms with van der Waals surface area (Å²) in [6.45, 7) is 1.26. The summed E-state index contributed by atoms with van der Waals surface area (Å²) in [6.07, 6.45) is 0.519. The fourth-order valence-electron chi connectivity index (χ4n) is 1.62. The Labute approximate surface area is 102 Å². The van der Waals surface area contributed by atoms with E-state index in [1.165, 1.54) is 0 Å². The highest BCUT2D eigenvalue weighted by Crippen LogP contribution is 2.18. The van der Waals surface area contributed by atoms with Gasteiger partial charge in [0, 0.05) is 23.6 Å². The number of carbonyl (C=O) groups excluding carboxylic acids is 1. The van der Waals surface area contributed by atoms with Crippen LogP contribution in [-0.2, 0) is 0 Å². The van der Waals surface area contributed by atoms with E-state index in [4.69, 9.17) is 10.5 Å². The van der Waals surface area contributed by atoms with Crippen LogP contribution >= 0.6 is 15.9 Å². The zero-order chi connectivity index (χ0) is 11.5. The van der Waals surface area contributed by atoms with Crippen molar-refractivity contribution in [2.75, 3.05) is 13.1 Å². The van der Waals surface area contributed by atoms with Crippen molar-refractivity contribution >= 4 is 22.0 Å². The number of amides is 1. The molecule has 1 fully saturated rings. The molecule has 0 spiro atoms. The second-order valence-corrected chi connectivity index (χ2v) is 4.73. The maximum absolute atomic E-state index is 11.7. The van der Waals surface area contributed by atoms with Crippen molar-refractivity contribution in [1.29, 1.82) is 0 Å². The monoisotopic (exact) mass is 284 g/mol. The SMILES string of the molecule is NC1CCN(C(=O)Oc2ccc(Br)cc2)C1. The minimum Gasteiger partial charge on any atom is -0.410 e. The van der Waals surface area contributed by atoms with Gasteiger partial charge in [-0.05, 0) is 30.7 Å². The van der Waals surface area contributed by atoms with Crippen LogP contribution in [0.25, 0.3) is 0 Å². The molecular weight excluding hydrogens is 272 g/mol. The van der Waals surface area contributed by atoms with Crippen LogP contribution < -0.4 is 10.5 Å². The molecule has 2 rings (SSSR count). The summed E-state index contributed by atoms with van der Waals surface area (Å²) >= 11 is 3.32. The summed E-state index contributed by atoms with van der Waals surface area (Å²) < 4.78 is 6.17. The molecule has 16 heavy (non-hydrogen) atoms. The van der Waals surface area contributed by atoms with Crippen molar-refractivity contribution in [3.05, 3.63) is 28.7 Å². The first-order chi connectivity index (χ1) is 7.65. The van der Waals surface area contributed by atoms with E-state index >= 15 is 0 Å². The molecule has 0 aliphatic carbocycles. The fourth-order valence-corrected chi connectivity index (χ4v) is 1.89. The van der Waals surface area contributed by atoms with Gasteiger partial charge in [-0.1, -0.05) is 15.9 Å². The molecule has 0 aromatic heterocycles. The zero-order valence-electron chi connectivity index (χ0n) is 8.73. The summed E-state index contributed by atoms with van der Waals surface area (Å²) in [4.78, 5) is 13.3. The fraction of sp³-hybridized carbons (Fsp3) is 0.364. The van der Waals surface area contributed by atoms with Crippen molar-refractivity contribution in [1.82, 2.24) is 4.90 Å². The molecule has 2 N–H and O–H groups in total. The molecule has 1 aliphatic rings. The van der Waals surface area contributed by atoms with Crippen LogP contribution in [0.5, 0.6) is 5.75 Å². The van der Waals surface area contributed by atoms with Gasteiger partial charge in [0.15, 0.2) is 0 Å². The lowest BCUT2D eigenvalue weighted by Crippen LogP contribution is -2.33. The van der Waals surface area contributed by atoms with Crippen LogP contribution in [0.4, 0.5) is 4.79 Å². The highest BCUT2D eigenvalue weighted by atomic mass is 79.9. The molecule has 0 saturated carbocycles. The van der Waals surface area contributed by atoms with Gasteiger partial charge in [0.1, 0.15) is 5.75 Å². The van der Waals surface area contributed by atoms with Crippen LogP contribution in [0.1, 0.15) is 6.42 Å². The van der Waals surface area contributed by atoms with E-state index in [0.29, 0.717) is 18.8 Å². The first kappa shape index (κ1) is 11.4. The summed E-state index contributed by atoms with van der Waals surface area (Å²) in [7, 11) is 0. The Hall–Kier alpha value is -1.07. The third kappa shape index (κ3) is 2.74. The molecule has 1 atom stereocenters. The second-order valence-electron chi connectivity index (χ2n) is 3.82. The first-order valence-corrected chi connectivity index (χ1v) is 5.92. The highest BCUT2D eigenvalue weighted by Gasteiger charge is 2.24. The van der Waals surface area contributed by atoms with Gasteiger partial charge < -0.3 is 15.4 Å². The normalized spacial score (nSPS) is 19.9. The number of halogens is 1. The number of nitrogens with two attached hydrogens (primary N) is 1. The summed E-state index contributed by atoms with van der Waals surface area (Å²) in [5.41, 5.74) is 5.72. The number of carbonyl (C=O) groups is 1. The van der Waals surface area contributed by atoms with Gasteiger partial charge in [-0.25, -0.2) is 4.79 Å². The van der Waals surface area contributed by atoms with E-state index in [9.17, 15) is 4.79 Å². The van der Waals surface area contributed by atoms with Gasteiger partial charge in [-0.15, -0.1) is 0 Å². The van der Waals surface area contributed by atoms with E-state index in [0.717, 1.165) is 10.9 Å². The van der Waals surface area contributed by atoms with Crippen LogP contribution in [0.2, 0.25) is 0 Å². The number of ether oxygens (including phenoxy) is 1. The molecule has 86 valence electrons. The average Bonchev–Trinajstić information content (AvgIpc) is 2.68. The lowest BCUT2D eigenvalue weighted by atomic mass is 10.3. The third-order valence-corrected chi connectivity index (χ3v) is 3.03. The second kappa shape index (κ2) is 4.84. The Morgan fingerprint density at radius 1 is 1.44 bits per heavy atom. The van der Waals surface area contributed by atoms with Gasteiger partial charge in [0.2, 0.25) is 0 Å². The molecule has 5 heteroatoms. The molecule has 1 amide bonds. The molecule has 1 aliphatic heterocycles. The Morgan fingerprint density at radius 3 is 2.69 bits per heavy atom. The summed E-state index contributed by atoms with van der Waals surface area (Å²) in [5.74, 6) is 0.550. The Morgan fingerprint density at radius 2 is 2.12 bits per heavy atom. The lowest BCUT2D eigenvalue weighted by Gasteiger charge is -2.15. The van der Waals surface area contributed by atoms with E-state index in [1.807, 2.05) is 12.1 Å². The molecule has 1 heterocycles. The van der Waals surface area contributed by atoms with Gasteiger partial charge in [-0.3, -0.25) is 0 Å². The number of hydrogen-bond donors (Lipinski definition) is 1. The number of benzene rings is 1. The van der Waals surface area contributed by atoms with E-state index < -0.39 is 0 Å². The molecular formula is C11H13BrN2O2. The lowest BCUT2D eigenvalue weighted by molar-refractivity contribution is 0.162. The largest absolute Gasteiger partial charge is 0.415 e. The predicted molar refractivity (Wildman–Crippen MR) is 64.3 cm³/mol. The summed E-state index contributed by atoms with van der Waals surface area (Å²) in [6, 6.07) is 7.24. The Balaban J connectivity index is 1.94. The van der Waals surface area contributed by atoms with E-state index in [-0.39, 0.29) is 12.1 Å². The number of nitrogens with zero attached hydrogens (tertiary/aromatic N) is 1. The molecule has 1 aromatic carbocycles. The predicted octanol–water partition coefficient (Wildman–Crippen LogP) is 1.98. The Bertz CT molecular complexity index is 380.